The zero-order valence-corrected chi connectivity index (χ0v) is 31.6. The standard InChI is InChI=1S/C52H28N4OS/c1-2-17-35-30(13-1)31-14-3-8-20-39(31)55-40-21-9-4-15-32(40)38-28-42-46(47(35)50(38)55)36-18-5-10-22-41(36)56(42)51-48(54-52-49(53-51)37-19-6-11-23-43(37)57-52)29-25-26-34-33-16-7-12-24-44(33)58-45(34)27-29/h1-28H. The van der Waals surface area contributed by atoms with Crippen LogP contribution in [0.4, 0.5) is 0 Å². The molecule has 0 amide bonds. The molecule has 58 heavy (non-hydrogen) atoms. The van der Waals surface area contributed by atoms with Gasteiger partial charge in [0.2, 0.25) is 5.71 Å². The molecule has 5 nitrogen and oxygen atoms in total. The first-order chi connectivity index (χ1) is 28.8. The van der Waals surface area contributed by atoms with Gasteiger partial charge in [0.1, 0.15) is 16.8 Å². The van der Waals surface area contributed by atoms with Crippen LogP contribution in [0.5, 0.6) is 0 Å². The molecule has 0 atom stereocenters. The monoisotopic (exact) mass is 756 g/mol. The van der Waals surface area contributed by atoms with E-state index in [4.69, 9.17) is 14.4 Å². The Labute approximate surface area is 334 Å². The summed E-state index contributed by atoms with van der Waals surface area (Å²) in [5.41, 5.74) is 14.4. The first kappa shape index (κ1) is 30.7. The predicted octanol–water partition coefficient (Wildman–Crippen LogP) is 14.3. The Bertz CT molecular complexity index is 3940. The van der Waals surface area contributed by atoms with Gasteiger partial charge < -0.3 is 8.98 Å². The molecule has 13 aromatic rings. The molecule has 0 bridgehead atoms. The normalized spacial score (nSPS) is 12.5. The minimum Gasteiger partial charge on any atom is -0.436 e. The number of aromatic nitrogens is 4. The highest BCUT2D eigenvalue weighted by Crippen LogP contribution is 2.52. The lowest BCUT2D eigenvalue weighted by molar-refractivity contribution is 0.653. The minimum atomic E-state index is 0.529. The Kier molecular flexibility index (Phi) is 5.85. The van der Waals surface area contributed by atoms with Crippen LogP contribution in [0.15, 0.2) is 174 Å². The van der Waals surface area contributed by atoms with E-state index in [2.05, 4.69) is 161 Å². The molecular formula is C52H28N4OS. The van der Waals surface area contributed by atoms with Crippen LogP contribution in [0, 0.1) is 0 Å². The SMILES string of the molecule is c1ccc2c(c1)-c1ccccc1-n1c3ccccc3c3cc4c(c-2c31)c1ccccc1n4-c1nc2c(nc1-c1ccc3c(c1)sc1ccccc13)oc1ccccc12. The molecule has 1 aliphatic heterocycles. The van der Waals surface area contributed by atoms with Crippen molar-refractivity contribution < 1.29 is 4.42 Å². The van der Waals surface area contributed by atoms with Gasteiger partial charge >= 0.3 is 0 Å². The zero-order chi connectivity index (χ0) is 37.6. The van der Waals surface area contributed by atoms with E-state index in [-0.39, 0.29) is 0 Å². The zero-order valence-electron chi connectivity index (χ0n) is 30.8. The first-order valence-electron chi connectivity index (χ1n) is 19.6. The summed E-state index contributed by atoms with van der Waals surface area (Å²) < 4.78 is 13.8. The van der Waals surface area contributed by atoms with Crippen LogP contribution in [0.2, 0.25) is 0 Å². The highest BCUT2D eigenvalue weighted by atomic mass is 32.1. The molecule has 0 N–H and O–H groups in total. The molecule has 0 saturated carbocycles. The lowest BCUT2D eigenvalue weighted by Crippen LogP contribution is -2.03. The summed E-state index contributed by atoms with van der Waals surface area (Å²) in [6.45, 7) is 0. The lowest BCUT2D eigenvalue weighted by Gasteiger charge is -2.14. The lowest BCUT2D eigenvalue weighted by atomic mass is 9.91. The molecule has 6 heterocycles. The summed E-state index contributed by atoms with van der Waals surface area (Å²) in [7, 11) is 0. The molecule has 0 aliphatic carbocycles. The topological polar surface area (TPSA) is 48.8 Å². The molecule has 0 radical (unpaired) electrons. The second-order valence-corrected chi connectivity index (χ2v) is 16.4. The van der Waals surface area contributed by atoms with Crippen molar-refractivity contribution in [3.8, 4) is 45.0 Å². The van der Waals surface area contributed by atoms with Crippen LogP contribution >= 0.6 is 11.3 Å². The molecule has 14 rings (SSSR count). The van der Waals surface area contributed by atoms with Crippen LogP contribution in [0.1, 0.15) is 0 Å². The highest BCUT2D eigenvalue weighted by molar-refractivity contribution is 7.25. The van der Waals surface area contributed by atoms with Gasteiger partial charge in [0.15, 0.2) is 5.82 Å². The summed E-state index contributed by atoms with van der Waals surface area (Å²) >= 11 is 1.81. The minimum absolute atomic E-state index is 0.529. The smallest absolute Gasteiger partial charge is 0.247 e. The number of benzene rings is 8. The Hall–Kier alpha value is -7.54. The fourth-order valence-electron chi connectivity index (χ4n) is 9.88. The van der Waals surface area contributed by atoms with Gasteiger partial charge in [-0.3, -0.25) is 4.57 Å². The van der Waals surface area contributed by atoms with Gasteiger partial charge in [0.05, 0.1) is 27.8 Å². The van der Waals surface area contributed by atoms with Gasteiger partial charge in [-0.25, -0.2) is 9.97 Å². The number of rotatable bonds is 2. The average Bonchev–Trinajstić information content (AvgIpc) is 4.00. The predicted molar refractivity (Wildman–Crippen MR) is 241 cm³/mol. The maximum absolute atomic E-state index is 6.45. The Morgan fingerprint density at radius 2 is 1.14 bits per heavy atom. The maximum atomic E-state index is 6.45. The van der Waals surface area contributed by atoms with Gasteiger partial charge in [-0.15, -0.1) is 11.3 Å². The van der Waals surface area contributed by atoms with Gasteiger partial charge in [0.25, 0.3) is 0 Å². The first-order valence-corrected chi connectivity index (χ1v) is 20.4. The van der Waals surface area contributed by atoms with E-state index < -0.39 is 0 Å². The third-order valence-corrected chi connectivity index (χ3v) is 13.4. The van der Waals surface area contributed by atoms with E-state index >= 15 is 0 Å². The van der Waals surface area contributed by atoms with Crippen LogP contribution in [0.25, 0.3) is 131 Å². The molecule has 5 aromatic heterocycles. The van der Waals surface area contributed by atoms with Crippen molar-refractivity contribution in [3.63, 3.8) is 0 Å². The molecular weight excluding hydrogens is 729 g/mol. The van der Waals surface area contributed by atoms with Crippen LogP contribution in [-0.2, 0) is 0 Å². The van der Waals surface area contributed by atoms with E-state index in [0.29, 0.717) is 5.71 Å². The number of fused-ring (bicyclic) bond motifs is 18. The van der Waals surface area contributed by atoms with Gasteiger partial charge in [-0.05, 0) is 59.7 Å². The van der Waals surface area contributed by atoms with Gasteiger partial charge in [0, 0.05) is 63.8 Å². The summed E-state index contributed by atoms with van der Waals surface area (Å²) in [5, 5.41) is 8.23. The fourth-order valence-corrected chi connectivity index (χ4v) is 11.0. The molecule has 1 aliphatic rings. The van der Waals surface area contributed by atoms with E-state index in [1.54, 1.807) is 0 Å². The number of nitrogens with zero attached hydrogens (tertiary/aromatic N) is 4. The second kappa shape index (κ2) is 11.1. The largest absolute Gasteiger partial charge is 0.436 e. The molecule has 0 spiro atoms. The van der Waals surface area contributed by atoms with Crippen molar-refractivity contribution in [1.82, 2.24) is 19.1 Å². The highest BCUT2D eigenvalue weighted by Gasteiger charge is 2.30. The fraction of sp³-hybridized carbons (Fsp3) is 0. The molecule has 0 fully saturated rings. The Morgan fingerprint density at radius 3 is 2.02 bits per heavy atom. The Balaban J connectivity index is 1.19. The van der Waals surface area contributed by atoms with E-state index in [9.17, 15) is 0 Å². The molecule has 6 heteroatoms. The summed E-state index contributed by atoms with van der Waals surface area (Å²) in [5.74, 6) is 0.770. The summed E-state index contributed by atoms with van der Waals surface area (Å²) in [4.78, 5) is 11.0. The number of hydrogen-bond donors (Lipinski definition) is 0. The maximum Gasteiger partial charge on any atom is 0.247 e. The van der Waals surface area contributed by atoms with Crippen molar-refractivity contribution in [2.45, 2.75) is 0 Å². The number of para-hydroxylation sites is 4. The van der Waals surface area contributed by atoms with Crippen LogP contribution in [0.3, 0.4) is 0 Å². The summed E-state index contributed by atoms with van der Waals surface area (Å²) in [6, 6.07) is 61.3. The number of furan rings is 1. The van der Waals surface area contributed by atoms with E-state index in [1.165, 1.54) is 75.3 Å². The molecule has 268 valence electrons. The van der Waals surface area contributed by atoms with Crippen molar-refractivity contribution in [2.24, 2.45) is 0 Å². The van der Waals surface area contributed by atoms with Crippen LogP contribution < -0.4 is 0 Å². The van der Waals surface area contributed by atoms with Crippen molar-refractivity contribution >= 4 is 97.3 Å². The Morgan fingerprint density at radius 1 is 0.466 bits per heavy atom. The summed E-state index contributed by atoms with van der Waals surface area (Å²) in [6.07, 6.45) is 0. The number of thiophene rings is 1. The average molecular weight is 757 g/mol. The van der Waals surface area contributed by atoms with Crippen LogP contribution in [-0.4, -0.2) is 19.1 Å². The molecule has 0 unspecified atom stereocenters. The second-order valence-electron chi connectivity index (χ2n) is 15.3. The third kappa shape index (κ3) is 3.89. The van der Waals surface area contributed by atoms with E-state index in [0.717, 1.165) is 50.0 Å². The van der Waals surface area contributed by atoms with Crippen molar-refractivity contribution in [3.05, 3.63) is 170 Å². The quantitative estimate of drug-likeness (QED) is 0.176. The third-order valence-electron chi connectivity index (χ3n) is 12.3. The van der Waals surface area contributed by atoms with E-state index in [1.807, 2.05) is 29.5 Å². The molecule has 8 aromatic carbocycles. The molecule has 0 saturated heterocycles. The van der Waals surface area contributed by atoms with Gasteiger partial charge in [-0.1, -0.05) is 121 Å². The number of hydrogen-bond acceptors (Lipinski definition) is 4. The van der Waals surface area contributed by atoms with Crippen molar-refractivity contribution in [1.29, 1.82) is 0 Å². The van der Waals surface area contributed by atoms with Crippen molar-refractivity contribution in [2.75, 3.05) is 0 Å². The van der Waals surface area contributed by atoms with Gasteiger partial charge in [-0.2, -0.15) is 0 Å².